The summed E-state index contributed by atoms with van der Waals surface area (Å²) in [6, 6.07) is 16.4. The predicted molar refractivity (Wildman–Crippen MR) is 167 cm³/mol. The van der Waals surface area contributed by atoms with Crippen molar-refractivity contribution in [1.29, 1.82) is 0 Å². The van der Waals surface area contributed by atoms with Crippen LogP contribution in [0.3, 0.4) is 0 Å². The van der Waals surface area contributed by atoms with E-state index in [1.54, 1.807) is 70.2 Å². The van der Waals surface area contributed by atoms with E-state index in [0.29, 0.717) is 23.2 Å². The Hall–Kier alpha value is -4.53. The normalized spacial score (nSPS) is 12.6. The monoisotopic (exact) mass is 589 g/mol. The van der Waals surface area contributed by atoms with E-state index in [1.807, 2.05) is 26.0 Å². The number of aryl methyl sites for hydroxylation is 2. The SMILES string of the molecule is CCCCN(C(=O)C(Cc1ccc(O)cc1)NC(=O)OC(C)(C)C)C(C(=O)Nc1ccccc1C)c1cccc(C)c1O. The number of aromatic hydroxyl groups is 2. The van der Waals surface area contributed by atoms with Crippen molar-refractivity contribution in [2.45, 2.75) is 78.5 Å². The zero-order chi connectivity index (χ0) is 31.7. The summed E-state index contributed by atoms with van der Waals surface area (Å²) >= 11 is 0. The van der Waals surface area contributed by atoms with Gasteiger partial charge in [-0.1, -0.05) is 61.9 Å². The summed E-state index contributed by atoms with van der Waals surface area (Å²) in [4.78, 5) is 43.0. The molecule has 3 aromatic rings. The lowest BCUT2D eigenvalue weighted by molar-refractivity contribution is -0.141. The van der Waals surface area contributed by atoms with E-state index in [2.05, 4.69) is 10.6 Å². The first-order chi connectivity index (χ1) is 20.3. The fourth-order valence-electron chi connectivity index (χ4n) is 4.68. The molecule has 2 unspecified atom stereocenters. The minimum absolute atomic E-state index is 0.0687. The summed E-state index contributed by atoms with van der Waals surface area (Å²) in [5.41, 5.74) is 2.13. The van der Waals surface area contributed by atoms with Gasteiger partial charge in [0.25, 0.3) is 5.91 Å². The summed E-state index contributed by atoms with van der Waals surface area (Å²) in [7, 11) is 0. The molecule has 0 heterocycles. The topological polar surface area (TPSA) is 128 Å². The van der Waals surface area contributed by atoms with Gasteiger partial charge >= 0.3 is 6.09 Å². The Bertz CT molecular complexity index is 1410. The van der Waals surface area contributed by atoms with Gasteiger partial charge in [0.1, 0.15) is 29.2 Å². The van der Waals surface area contributed by atoms with Gasteiger partial charge in [0.15, 0.2) is 0 Å². The average Bonchev–Trinajstić information content (AvgIpc) is 2.93. The van der Waals surface area contributed by atoms with Crippen LogP contribution in [0.5, 0.6) is 11.5 Å². The second kappa shape index (κ2) is 14.6. The van der Waals surface area contributed by atoms with E-state index in [-0.39, 0.29) is 30.0 Å². The Kier molecular flexibility index (Phi) is 11.2. The van der Waals surface area contributed by atoms with Crippen LogP contribution in [0.4, 0.5) is 10.5 Å². The molecule has 0 radical (unpaired) electrons. The quantitative estimate of drug-likeness (QED) is 0.212. The van der Waals surface area contributed by atoms with Crippen LogP contribution in [0.2, 0.25) is 0 Å². The molecule has 0 aliphatic heterocycles. The highest BCUT2D eigenvalue weighted by Crippen LogP contribution is 2.34. The number of unbranched alkanes of at least 4 members (excludes halogenated alkanes) is 1. The van der Waals surface area contributed by atoms with Crippen molar-refractivity contribution in [2.24, 2.45) is 0 Å². The van der Waals surface area contributed by atoms with E-state index in [4.69, 9.17) is 4.74 Å². The maximum atomic E-state index is 14.5. The van der Waals surface area contributed by atoms with Gasteiger partial charge in [-0.05, 0) is 75.9 Å². The molecule has 0 spiro atoms. The van der Waals surface area contributed by atoms with Crippen molar-refractivity contribution in [3.05, 3.63) is 89.0 Å². The smallest absolute Gasteiger partial charge is 0.408 e. The number of amides is 3. The van der Waals surface area contributed by atoms with Crippen molar-refractivity contribution in [3.63, 3.8) is 0 Å². The molecule has 0 bridgehead atoms. The minimum Gasteiger partial charge on any atom is -0.508 e. The van der Waals surface area contributed by atoms with Crippen LogP contribution < -0.4 is 10.6 Å². The Morgan fingerprint density at radius 1 is 0.907 bits per heavy atom. The van der Waals surface area contributed by atoms with Gasteiger partial charge in [0, 0.05) is 24.2 Å². The van der Waals surface area contributed by atoms with Crippen LogP contribution in [-0.4, -0.2) is 51.2 Å². The molecule has 0 aliphatic rings. The highest BCUT2D eigenvalue weighted by atomic mass is 16.6. The fraction of sp³-hybridized carbons (Fsp3) is 0.382. The van der Waals surface area contributed by atoms with Crippen molar-refractivity contribution in [3.8, 4) is 11.5 Å². The molecule has 43 heavy (non-hydrogen) atoms. The first kappa shape index (κ1) is 33.0. The number of carbonyl (C=O) groups is 3. The number of rotatable bonds is 11. The third-order valence-electron chi connectivity index (χ3n) is 6.93. The predicted octanol–water partition coefficient (Wildman–Crippen LogP) is 6.16. The molecule has 0 saturated heterocycles. The Morgan fingerprint density at radius 2 is 1.56 bits per heavy atom. The number of ether oxygens (including phenoxy) is 1. The van der Waals surface area contributed by atoms with E-state index >= 15 is 0 Å². The number of nitrogens with one attached hydrogen (secondary N) is 2. The third-order valence-corrected chi connectivity index (χ3v) is 6.93. The van der Waals surface area contributed by atoms with Crippen molar-refractivity contribution >= 4 is 23.6 Å². The molecule has 0 saturated carbocycles. The molecule has 0 fully saturated rings. The van der Waals surface area contributed by atoms with Crippen LogP contribution in [0, 0.1) is 13.8 Å². The van der Waals surface area contributed by atoms with Crippen molar-refractivity contribution < 1.29 is 29.3 Å². The van der Waals surface area contributed by atoms with Gasteiger partial charge in [-0.2, -0.15) is 0 Å². The molecule has 2 atom stereocenters. The Labute approximate surface area is 253 Å². The largest absolute Gasteiger partial charge is 0.508 e. The molecule has 0 aromatic heterocycles. The van der Waals surface area contributed by atoms with Gasteiger partial charge in [-0.15, -0.1) is 0 Å². The van der Waals surface area contributed by atoms with Crippen LogP contribution in [0.15, 0.2) is 66.7 Å². The van der Waals surface area contributed by atoms with Gasteiger partial charge in [-0.3, -0.25) is 9.59 Å². The summed E-state index contributed by atoms with van der Waals surface area (Å²) in [5.74, 6) is -1.03. The molecule has 9 heteroatoms. The lowest BCUT2D eigenvalue weighted by Crippen LogP contribution is -2.53. The number of phenolic OH excluding ortho intramolecular Hbond substituents is 2. The summed E-state index contributed by atoms with van der Waals surface area (Å²) in [6.07, 6.45) is 0.606. The number of alkyl carbamates (subject to hydrolysis) is 1. The molecule has 3 amide bonds. The van der Waals surface area contributed by atoms with E-state index in [1.165, 1.54) is 17.0 Å². The zero-order valence-corrected chi connectivity index (χ0v) is 25.8. The highest BCUT2D eigenvalue weighted by molar-refractivity contribution is 5.99. The fourth-order valence-corrected chi connectivity index (χ4v) is 4.68. The van der Waals surface area contributed by atoms with Crippen molar-refractivity contribution in [1.82, 2.24) is 10.2 Å². The summed E-state index contributed by atoms with van der Waals surface area (Å²) in [5, 5.41) is 26.6. The van der Waals surface area contributed by atoms with Crippen LogP contribution in [-0.2, 0) is 20.7 Å². The van der Waals surface area contributed by atoms with Gasteiger partial charge < -0.3 is 30.5 Å². The molecule has 230 valence electrons. The second-order valence-electron chi connectivity index (χ2n) is 11.7. The molecule has 0 aliphatic carbocycles. The maximum absolute atomic E-state index is 14.5. The molecular weight excluding hydrogens is 546 g/mol. The lowest BCUT2D eigenvalue weighted by Gasteiger charge is -2.35. The maximum Gasteiger partial charge on any atom is 0.408 e. The molecule has 4 N–H and O–H groups in total. The zero-order valence-electron chi connectivity index (χ0n) is 25.8. The second-order valence-corrected chi connectivity index (χ2v) is 11.7. The molecule has 3 rings (SSSR count). The number of phenols is 2. The van der Waals surface area contributed by atoms with Gasteiger partial charge in [0.05, 0.1) is 0 Å². The number of anilines is 1. The highest BCUT2D eigenvalue weighted by Gasteiger charge is 2.37. The number of carbonyl (C=O) groups excluding carboxylic acids is 3. The molecular formula is C34H43N3O6. The van der Waals surface area contributed by atoms with E-state index < -0.39 is 35.6 Å². The first-order valence-corrected chi connectivity index (χ1v) is 14.5. The number of hydrogen-bond donors (Lipinski definition) is 4. The van der Waals surface area contributed by atoms with Gasteiger partial charge in [0.2, 0.25) is 5.91 Å². The number of benzene rings is 3. The summed E-state index contributed by atoms with van der Waals surface area (Å²) in [6.45, 7) is 10.9. The third kappa shape index (κ3) is 9.23. The number of hydrogen-bond acceptors (Lipinski definition) is 6. The number of nitrogens with zero attached hydrogens (tertiary/aromatic N) is 1. The van der Waals surface area contributed by atoms with E-state index in [0.717, 1.165) is 12.0 Å². The Balaban J connectivity index is 2.11. The van der Waals surface area contributed by atoms with E-state index in [9.17, 15) is 24.6 Å². The lowest BCUT2D eigenvalue weighted by atomic mass is 9.97. The average molecular weight is 590 g/mol. The number of para-hydroxylation sites is 2. The van der Waals surface area contributed by atoms with Crippen LogP contribution in [0.1, 0.15) is 68.8 Å². The van der Waals surface area contributed by atoms with Crippen molar-refractivity contribution in [2.75, 3.05) is 11.9 Å². The van der Waals surface area contributed by atoms with Gasteiger partial charge in [-0.25, -0.2) is 4.79 Å². The Morgan fingerprint density at radius 3 is 2.19 bits per heavy atom. The summed E-state index contributed by atoms with van der Waals surface area (Å²) < 4.78 is 5.48. The standard InChI is InChI=1S/C34H43N3O6/c1-7-8-20-37(32(41)28(36-33(42)43-34(4,5)6)21-24-16-18-25(38)19-17-24)29(26-14-11-13-23(3)30(26)39)31(40)35-27-15-10-9-12-22(27)2/h9-19,28-29,38-39H,7-8,20-21H2,1-6H3,(H,35,40)(H,36,42). The molecule has 3 aromatic carbocycles. The molecule has 9 nitrogen and oxygen atoms in total. The first-order valence-electron chi connectivity index (χ1n) is 14.5. The van der Waals surface area contributed by atoms with Crippen LogP contribution >= 0.6 is 0 Å². The minimum atomic E-state index is -1.21. The van der Waals surface area contributed by atoms with Crippen LogP contribution in [0.25, 0.3) is 0 Å².